The van der Waals surface area contributed by atoms with E-state index in [1.54, 1.807) is 0 Å². The molecule has 0 radical (unpaired) electrons. The van der Waals surface area contributed by atoms with Crippen LogP contribution >= 0.6 is 0 Å². The lowest BCUT2D eigenvalue weighted by Gasteiger charge is -2.28. The average Bonchev–Trinajstić information content (AvgIpc) is 2.59. The molecule has 0 N–H and O–H groups in total. The Morgan fingerprint density at radius 3 is 2.53 bits per heavy atom. The van der Waals surface area contributed by atoms with Gasteiger partial charge < -0.3 is 4.74 Å². The van der Waals surface area contributed by atoms with Crippen LogP contribution in [0.25, 0.3) is 0 Å². The van der Waals surface area contributed by atoms with E-state index in [1.165, 1.54) is 4.90 Å². The summed E-state index contributed by atoms with van der Waals surface area (Å²) in [6.07, 6.45) is 2.23. The summed E-state index contributed by atoms with van der Waals surface area (Å²) in [6, 6.07) is 0.0948. The summed E-state index contributed by atoms with van der Waals surface area (Å²) < 4.78 is 5.21. The van der Waals surface area contributed by atoms with Crippen molar-refractivity contribution in [1.82, 2.24) is 4.90 Å². The quantitative estimate of drug-likeness (QED) is 0.615. The summed E-state index contributed by atoms with van der Waals surface area (Å²) >= 11 is 0. The Morgan fingerprint density at radius 1 is 1.40 bits per heavy atom. The molecule has 2 fully saturated rings. The number of piperidine rings is 1. The SMILES string of the molecule is CC(C)(C)OC(=O)N1C(=O)[C@@H]2CC[C@H]1C2. The third-order valence-electron chi connectivity index (χ3n) is 2.95. The van der Waals surface area contributed by atoms with Crippen molar-refractivity contribution >= 4 is 12.0 Å². The number of likely N-dealkylation sites (tertiary alicyclic amines) is 1. The van der Waals surface area contributed by atoms with E-state index in [1.807, 2.05) is 20.8 Å². The van der Waals surface area contributed by atoms with Crippen LogP contribution in [0.1, 0.15) is 40.0 Å². The van der Waals surface area contributed by atoms with Gasteiger partial charge in [-0.3, -0.25) is 4.79 Å². The summed E-state index contributed by atoms with van der Waals surface area (Å²) in [5.41, 5.74) is -0.529. The van der Waals surface area contributed by atoms with Crippen LogP contribution in [-0.4, -0.2) is 28.5 Å². The Morgan fingerprint density at radius 2 is 2.07 bits per heavy atom. The van der Waals surface area contributed by atoms with Crippen molar-refractivity contribution in [1.29, 1.82) is 0 Å². The average molecular weight is 211 g/mol. The molecule has 1 saturated carbocycles. The van der Waals surface area contributed by atoms with Gasteiger partial charge >= 0.3 is 6.09 Å². The predicted octanol–water partition coefficient (Wildman–Crippen LogP) is 1.93. The highest BCUT2D eigenvalue weighted by Crippen LogP contribution is 2.39. The molecule has 1 heterocycles. The molecule has 1 aliphatic carbocycles. The lowest BCUT2D eigenvalue weighted by atomic mass is 10.1. The number of ether oxygens (including phenoxy) is 1. The van der Waals surface area contributed by atoms with Gasteiger partial charge in [0.05, 0.1) is 0 Å². The zero-order valence-electron chi connectivity index (χ0n) is 9.45. The lowest BCUT2D eigenvalue weighted by molar-refractivity contribution is -0.133. The summed E-state index contributed by atoms with van der Waals surface area (Å²) in [7, 11) is 0. The zero-order valence-corrected chi connectivity index (χ0v) is 9.45. The maximum atomic E-state index is 11.7. The number of hydrogen-bond donors (Lipinski definition) is 0. The Bertz CT molecular complexity index is 305. The van der Waals surface area contributed by atoms with Gasteiger partial charge in [0.2, 0.25) is 5.91 Å². The van der Waals surface area contributed by atoms with Crippen molar-refractivity contribution in [2.24, 2.45) is 5.92 Å². The van der Waals surface area contributed by atoms with Gasteiger partial charge in [0.15, 0.2) is 0 Å². The molecule has 2 bridgehead atoms. The Kier molecular flexibility index (Phi) is 2.24. The van der Waals surface area contributed by atoms with E-state index in [0.717, 1.165) is 19.3 Å². The highest BCUT2D eigenvalue weighted by atomic mass is 16.6. The number of hydrogen-bond acceptors (Lipinski definition) is 3. The van der Waals surface area contributed by atoms with Gasteiger partial charge in [-0.1, -0.05) is 0 Å². The molecule has 4 heteroatoms. The van der Waals surface area contributed by atoms with E-state index in [-0.39, 0.29) is 17.9 Å². The molecule has 0 aromatic heterocycles. The molecule has 2 amide bonds. The molecule has 84 valence electrons. The zero-order chi connectivity index (χ0) is 11.2. The number of nitrogens with zero attached hydrogens (tertiary/aromatic N) is 1. The normalized spacial score (nSPS) is 29.8. The number of imide groups is 1. The summed E-state index contributed by atoms with van der Waals surface area (Å²) in [5, 5.41) is 0. The van der Waals surface area contributed by atoms with Crippen molar-refractivity contribution in [2.45, 2.75) is 51.7 Å². The first-order valence-corrected chi connectivity index (χ1v) is 5.44. The van der Waals surface area contributed by atoms with E-state index in [9.17, 15) is 9.59 Å². The molecule has 2 aliphatic rings. The van der Waals surface area contributed by atoms with Gasteiger partial charge in [-0.15, -0.1) is 0 Å². The van der Waals surface area contributed by atoms with Crippen LogP contribution in [0.4, 0.5) is 4.79 Å². The second kappa shape index (κ2) is 3.22. The first kappa shape index (κ1) is 10.5. The Labute approximate surface area is 89.6 Å². The molecule has 1 saturated heterocycles. The Balaban J connectivity index is 2.06. The van der Waals surface area contributed by atoms with E-state index in [2.05, 4.69) is 0 Å². The van der Waals surface area contributed by atoms with Gasteiger partial charge in [0, 0.05) is 12.0 Å². The Hall–Kier alpha value is -1.06. The molecule has 0 unspecified atom stereocenters. The number of amides is 2. The molecule has 4 nitrogen and oxygen atoms in total. The fourth-order valence-corrected chi connectivity index (χ4v) is 2.34. The van der Waals surface area contributed by atoms with Crippen molar-refractivity contribution < 1.29 is 14.3 Å². The van der Waals surface area contributed by atoms with Crippen LogP contribution in [0.3, 0.4) is 0 Å². The number of carbonyl (C=O) groups is 2. The van der Waals surface area contributed by atoms with Crippen LogP contribution in [0.15, 0.2) is 0 Å². The van der Waals surface area contributed by atoms with Crippen molar-refractivity contribution in [2.75, 3.05) is 0 Å². The maximum absolute atomic E-state index is 11.7. The molecule has 0 spiro atoms. The van der Waals surface area contributed by atoms with Gasteiger partial charge in [0.25, 0.3) is 0 Å². The van der Waals surface area contributed by atoms with Crippen molar-refractivity contribution in [3.8, 4) is 0 Å². The molecule has 2 atom stereocenters. The second-order valence-corrected chi connectivity index (χ2v) is 5.35. The number of fused-ring (bicyclic) bond motifs is 2. The molecular formula is C11H17NO3. The van der Waals surface area contributed by atoms with E-state index in [4.69, 9.17) is 4.74 Å². The van der Waals surface area contributed by atoms with Gasteiger partial charge in [-0.2, -0.15) is 0 Å². The van der Waals surface area contributed by atoms with Gasteiger partial charge in [0.1, 0.15) is 5.60 Å². The predicted molar refractivity (Wildman–Crippen MR) is 54.2 cm³/mol. The van der Waals surface area contributed by atoms with E-state index in [0.29, 0.717) is 0 Å². The van der Waals surface area contributed by atoms with Crippen LogP contribution in [0, 0.1) is 5.92 Å². The van der Waals surface area contributed by atoms with Crippen LogP contribution < -0.4 is 0 Å². The molecule has 0 aromatic carbocycles. The number of rotatable bonds is 0. The van der Waals surface area contributed by atoms with Crippen LogP contribution in [0.2, 0.25) is 0 Å². The van der Waals surface area contributed by atoms with Gasteiger partial charge in [-0.25, -0.2) is 9.69 Å². The highest BCUT2D eigenvalue weighted by molar-refractivity contribution is 5.96. The molecular weight excluding hydrogens is 194 g/mol. The fourth-order valence-electron chi connectivity index (χ4n) is 2.34. The maximum Gasteiger partial charge on any atom is 0.417 e. The highest BCUT2D eigenvalue weighted by Gasteiger charge is 2.48. The van der Waals surface area contributed by atoms with Crippen molar-refractivity contribution in [3.63, 3.8) is 0 Å². The lowest BCUT2D eigenvalue weighted by Crippen LogP contribution is -2.44. The van der Waals surface area contributed by atoms with E-state index < -0.39 is 11.7 Å². The largest absolute Gasteiger partial charge is 0.443 e. The molecule has 1 aliphatic heterocycles. The second-order valence-electron chi connectivity index (χ2n) is 5.35. The minimum Gasteiger partial charge on any atom is -0.443 e. The number of carbonyl (C=O) groups excluding carboxylic acids is 2. The minimum absolute atomic E-state index is 0.0412. The first-order valence-electron chi connectivity index (χ1n) is 5.44. The van der Waals surface area contributed by atoms with Gasteiger partial charge in [-0.05, 0) is 40.0 Å². The first-order chi connectivity index (χ1) is 6.88. The summed E-state index contributed by atoms with van der Waals surface area (Å²) in [5.74, 6) is 0.0306. The van der Waals surface area contributed by atoms with Crippen LogP contribution in [-0.2, 0) is 9.53 Å². The topological polar surface area (TPSA) is 46.6 Å². The minimum atomic E-state index is -0.529. The van der Waals surface area contributed by atoms with Crippen LogP contribution in [0.5, 0.6) is 0 Å². The fraction of sp³-hybridized carbons (Fsp3) is 0.818. The molecule has 0 aromatic rings. The van der Waals surface area contributed by atoms with E-state index >= 15 is 0 Å². The molecule has 15 heavy (non-hydrogen) atoms. The molecule has 2 rings (SSSR count). The third kappa shape index (κ3) is 1.85. The standard InChI is InChI=1S/C11H17NO3/c1-11(2,3)15-10(14)12-8-5-4-7(6-8)9(12)13/h7-8H,4-6H2,1-3H3/t7-,8+/m1/s1. The summed E-state index contributed by atoms with van der Waals surface area (Å²) in [6.45, 7) is 5.43. The smallest absolute Gasteiger partial charge is 0.417 e. The monoisotopic (exact) mass is 211 g/mol. The summed E-state index contributed by atoms with van der Waals surface area (Å²) in [4.78, 5) is 24.8. The van der Waals surface area contributed by atoms with Crippen molar-refractivity contribution in [3.05, 3.63) is 0 Å². The third-order valence-corrected chi connectivity index (χ3v) is 2.95.